The second-order valence-corrected chi connectivity index (χ2v) is 21.0. The number of benzene rings is 9. The van der Waals surface area contributed by atoms with Gasteiger partial charge in [-0.2, -0.15) is 0 Å². The Labute approximate surface area is 400 Å². The van der Waals surface area contributed by atoms with E-state index in [2.05, 4.69) is 224 Å². The van der Waals surface area contributed by atoms with Gasteiger partial charge in [0, 0.05) is 64.9 Å². The highest BCUT2D eigenvalue weighted by Crippen LogP contribution is 2.48. The van der Waals surface area contributed by atoms with E-state index in [1.54, 1.807) is 0 Å². The van der Waals surface area contributed by atoms with Crippen molar-refractivity contribution in [1.82, 2.24) is 9.13 Å². The highest BCUT2D eigenvalue weighted by atomic mass is 32.2. The fraction of sp³-hybridized carbons (Fsp3) is 0.129. The lowest BCUT2D eigenvalue weighted by atomic mass is 9.34. The van der Waals surface area contributed by atoms with E-state index in [0.29, 0.717) is 0 Å². The summed E-state index contributed by atoms with van der Waals surface area (Å²) in [6.07, 6.45) is 3.14. The summed E-state index contributed by atoms with van der Waals surface area (Å²) in [6, 6.07) is 68.3. The van der Waals surface area contributed by atoms with E-state index in [9.17, 15) is 0 Å². The number of hydrogen-bond acceptors (Lipinski definition) is 3. The Morgan fingerprint density at radius 3 is 1.65 bits per heavy atom. The molecule has 68 heavy (non-hydrogen) atoms. The topological polar surface area (TPSA) is 26.2 Å². The molecule has 4 nitrogen and oxygen atoms in total. The van der Waals surface area contributed by atoms with Crippen molar-refractivity contribution in [3.05, 3.63) is 193 Å². The third-order valence-corrected chi connectivity index (χ3v) is 16.0. The van der Waals surface area contributed by atoms with Crippen LogP contribution in [-0.4, -0.2) is 15.8 Å². The van der Waals surface area contributed by atoms with Crippen LogP contribution in [-0.2, 0) is 11.8 Å². The van der Waals surface area contributed by atoms with Crippen molar-refractivity contribution < 1.29 is 4.42 Å². The van der Waals surface area contributed by atoms with Crippen molar-refractivity contribution in [2.45, 2.75) is 62.2 Å². The molecule has 9 aromatic carbocycles. The first kappa shape index (κ1) is 39.7. The number of anilines is 3. The van der Waals surface area contributed by atoms with E-state index >= 15 is 0 Å². The van der Waals surface area contributed by atoms with Crippen LogP contribution in [0.25, 0.3) is 76.9 Å². The summed E-state index contributed by atoms with van der Waals surface area (Å²) in [6.45, 7) is 9.40. The molecule has 0 radical (unpaired) electrons. The Morgan fingerprint density at radius 1 is 0.485 bits per heavy atom. The SMILES string of the molecule is CCCCc1cc2oc3ccccc3c2cc1N1c2cc(-n3c4ccccc4c4ccccc43)ccc2B2c3ccc(-n4c5ccccc5c5ccccc54)cc3Sc3cc(C(C)(C)C)cc1c32. The predicted molar refractivity (Wildman–Crippen MR) is 290 cm³/mol. The van der Waals surface area contributed by atoms with Gasteiger partial charge in [-0.1, -0.05) is 154 Å². The fourth-order valence-corrected chi connectivity index (χ4v) is 12.9. The maximum Gasteiger partial charge on any atom is 0.249 e. The van der Waals surface area contributed by atoms with Gasteiger partial charge in [0.15, 0.2) is 0 Å². The van der Waals surface area contributed by atoms with Gasteiger partial charge < -0.3 is 18.5 Å². The summed E-state index contributed by atoms with van der Waals surface area (Å²) in [5.41, 5.74) is 19.4. The van der Waals surface area contributed by atoms with Gasteiger partial charge in [-0.25, -0.2) is 0 Å². The van der Waals surface area contributed by atoms with Crippen LogP contribution in [0.1, 0.15) is 51.7 Å². The number of rotatable bonds is 6. The van der Waals surface area contributed by atoms with E-state index in [4.69, 9.17) is 4.42 Å². The molecule has 0 bridgehead atoms. The molecule has 2 aliphatic heterocycles. The maximum atomic E-state index is 6.63. The Hall–Kier alpha value is -7.41. The lowest BCUT2D eigenvalue weighted by Gasteiger charge is -2.42. The quantitative estimate of drug-likeness (QED) is 0.156. The Bertz CT molecular complexity index is 3960. The zero-order valence-corrected chi connectivity index (χ0v) is 39.5. The van der Waals surface area contributed by atoms with E-state index in [1.165, 1.54) is 104 Å². The number of para-hydroxylation sites is 5. The molecule has 0 aliphatic carbocycles. The number of nitrogens with zero attached hydrogens (tertiary/aromatic N) is 3. The number of fused-ring (bicyclic) bond motifs is 13. The molecule has 2 aliphatic rings. The first-order valence-corrected chi connectivity index (χ1v) is 25.0. The van der Waals surface area contributed by atoms with Crippen LogP contribution in [0.15, 0.2) is 196 Å². The fourth-order valence-electron chi connectivity index (χ4n) is 11.7. The molecule has 14 rings (SSSR count). The van der Waals surface area contributed by atoms with Gasteiger partial charge in [-0.05, 0) is 119 Å². The average Bonchev–Trinajstić information content (AvgIpc) is 4.02. The van der Waals surface area contributed by atoms with Crippen LogP contribution in [0.3, 0.4) is 0 Å². The molecule has 0 unspecified atom stereocenters. The average molecular weight is 894 g/mol. The molecule has 0 atom stereocenters. The van der Waals surface area contributed by atoms with Crippen LogP contribution in [0.4, 0.5) is 17.1 Å². The maximum absolute atomic E-state index is 6.63. The minimum Gasteiger partial charge on any atom is -0.456 e. The van der Waals surface area contributed by atoms with Crippen molar-refractivity contribution in [3.8, 4) is 11.4 Å². The van der Waals surface area contributed by atoms with Crippen molar-refractivity contribution in [1.29, 1.82) is 0 Å². The van der Waals surface area contributed by atoms with Crippen LogP contribution >= 0.6 is 11.8 Å². The number of unbranched alkanes of at least 4 members (excludes halogenated alkanes) is 1. The minimum absolute atomic E-state index is 0.0218. The molecule has 0 amide bonds. The van der Waals surface area contributed by atoms with Gasteiger partial charge in [0.25, 0.3) is 0 Å². The number of furan rings is 1. The summed E-state index contributed by atoms with van der Waals surface area (Å²) < 4.78 is 11.6. The Kier molecular flexibility index (Phi) is 8.65. The minimum atomic E-state index is -0.0980. The van der Waals surface area contributed by atoms with Gasteiger partial charge >= 0.3 is 0 Å². The standard InChI is InChI=1S/C62H48BN3OS/c1-5-6-17-38-32-58-47(46-22-11-16-27-57(46)67-58)37-54(38)66-55-35-40(64-50-23-12-7-18-42(50)43-19-8-13-24-51(43)64)28-30-48(55)63-49-31-29-41(65-52-25-14-9-20-44(52)45-21-10-15-26-53(45)65)36-59(49)68-60-34-39(62(2,3)4)33-56(66)61(60)63/h7-16,18-37H,5-6,17H2,1-4H3. The Morgan fingerprint density at radius 2 is 1.04 bits per heavy atom. The monoisotopic (exact) mass is 893 g/mol. The van der Waals surface area contributed by atoms with Gasteiger partial charge in [-0.15, -0.1) is 0 Å². The van der Waals surface area contributed by atoms with Crippen molar-refractivity contribution in [3.63, 3.8) is 0 Å². The van der Waals surface area contributed by atoms with Crippen LogP contribution in [0.2, 0.25) is 0 Å². The normalized spacial score (nSPS) is 13.4. The first-order valence-electron chi connectivity index (χ1n) is 24.2. The lowest BCUT2D eigenvalue weighted by molar-refractivity contribution is 0.589. The second kappa shape index (κ2) is 14.8. The summed E-state index contributed by atoms with van der Waals surface area (Å²) >= 11 is 1.94. The highest BCUT2D eigenvalue weighted by molar-refractivity contribution is 8.00. The van der Waals surface area contributed by atoms with E-state index in [0.717, 1.165) is 46.9 Å². The predicted octanol–water partition coefficient (Wildman–Crippen LogP) is 15.2. The number of aromatic nitrogens is 2. The number of aryl methyl sites for hydroxylation is 1. The van der Waals surface area contributed by atoms with Gasteiger partial charge in [-0.3, -0.25) is 0 Å². The van der Waals surface area contributed by atoms with Crippen LogP contribution in [0, 0.1) is 0 Å². The molecule has 0 saturated heterocycles. The van der Waals surface area contributed by atoms with Crippen LogP contribution in [0.5, 0.6) is 0 Å². The molecule has 0 spiro atoms. The van der Waals surface area contributed by atoms with Crippen molar-refractivity contribution in [2.24, 2.45) is 0 Å². The summed E-state index contributed by atoms with van der Waals surface area (Å²) in [5.74, 6) is 0. The summed E-state index contributed by atoms with van der Waals surface area (Å²) in [7, 11) is 0. The molecule has 0 saturated carbocycles. The van der Waals surface area contributed by atoms with E-state index in [-0.39, 0.29) is 12.1 Å². The zero-order chi connectivity index (χ0) is 45.4. The second-order valence-electron chi connectivity index (χ2n) is 19.9. The molecule has 12 aromatic rings. The lowest BCUT2D eigenvalue weighted by Crippen LogP contribution is -2.60. The van der Waals surface area contributed by atoms with Crippen molar-refractivity contribution in [2.75, 3.05) is 4.90 Å². The molecule has 3 aromatic heterocycles. The van der Waals surface area contributed by atoms with Gasteiger partial charge in [0.2, 0.25) is 6.71 Å². The molecule has 6 heteroatoms. The number of hydrogen-bond donors (Lipinski definition) is 0. The molecular weight excluding hydrogens is 846 g/mol. The molecule has 5 heterocycles. The largest absolute Gasteiger partial charge is 0.456 e. The first-order chi connectivity index (χ1) is 33.3. The van der Waals surface area contributed by atoms with E-state index in [1.807, 2.05) is 11.8 Å². The van der Waals surface area contributed by atoms with Gasteiger partial charge in [0.05, 0.1) is 27.8 Å². The van der Waals surface area contributed by atoms with Crippen molar-refractivity contribution >= 4 is 117 Å². The van der Waals surface area contributed by atoms with Gasteiger partial charge in [0.1, 0.15) is 11.2 Å². The molecule has 326 valence electrons. The smallest absolute Gasteiger partial charge is 0.249 e. The molecule has 0 N–H and O–H groups in total. The summed E-state index contributed by atoms with van der Waals surface area (Å²) in [5, 5.41) is 7.38. The third kappa shape index (κ3) is 5.77. The van der Waals surface area contributed by atoms with E-state index < -0.39 is 0 Å². The van der Waals surface area contributed by atoms with Crippen LogP contribution < -0.4 is 21.3 Å². The molecule has 0 fully saturated rings. The summed E-state index contributed by atoms with van der Waals surface area (Å²) in [4.78, 5) is 5.29. The zero-order valence-electron chi connectivity index (χ0n) is 38.7. The Balaban J connectivity index is 1.07. The highest BCUT2D eigenvalue weighted by Gasteiger charge is 2.43. The third-order valence-electron chi connectivity index (χ3n) is 14.9. The molecular formula is C62H48BN3OS.